The number of thiazole rings is 1. The molecule has 1 fully saturated rings. The fourth-order valence-electron chi connectivity index (χ4n) is 3.54. The number of carboxylic acid groups (broad SMARTS) is 1. The minimum absolute atomic E-state index is 0.0724. The molecule has 0 aliphatic carbocycles. The van der Waals surface area contributed by atoms with Gasteiger partial charge in [0.2, 0.25) is 5.91 Å². The number of hydrogen-bond donors (Lipinski definition) is 2. The van der Waals surface area contributed by atoms with Gasteiger partial charge in [-0.25, -0.2) is 9.78 Å². The van der Waals surface area contributed by atoms with E-state index in [1.54, 1.807) is 17.1 Å². The average molecular weight is 462 g/mol. The molecular formula is C20H19N3O4S3. The summed E-state index contributed by atoms with van der Waals surface area (Å²) >= 11 is 4.35. The van der Waals surface area contributed by atoms with E-state index in [1.807, 2.05) is 30.3 Å². The summed E-state index contributed by atoms with van der Waals surface area (Å²) in [5, 5.41) is 11.6. The van der Waals surface area contributed by atoms with Gasteiger partial charge < -0.3 is 10.8 Å². The molecule has 2 aliphatic rings. The first-order valence-corrected chi connectivity index (χ1v) is 12.1. The van der Waals surface area contributed by atoms with Crippen LogP contribution in [0.1, 0.15) is 12.1 Å². The fraction of sp³-hybridized carbons (Fsp3) is 0.300. The highest BCUT2D eigenvalue weighted by Crippen LogP contribution is 2.46. The van der Waals surface area contributed by atoms with Crippen molar-refractivity contribution in [3.05, 3.63) is 52.7 Å². The number of carboxylic acids is 1. The van der Waals surface area contributed by atoms with Gasteiger partial charge in [0.15, 0.2) is 5.13 Å². The van der Waals surface area contributed by atoms with Crippen LogP contribution < -0.4 is 5.73 Å². The van der Waals surface area contributed by atoms with Crippen molar-refractivity contribution >= 4 is 57.7 Å². The van der Waals surface area contributed by atoms with E-state index in [4.69, 9.17) is 5.73 Å². The van der Waals surface area contributed by atoms with Gasteiger partial charge in [-0.05, 0) is 17.7 Å². The van der Waals surface area contributed by atoms with E-state index in [2.05, 4.69) is 4.98 Å². The van der Waals surface area contributed by atoms with Crippen LogP contribution in [0.25, 0.3) is 0 Å². The van der Waals surface area contributed by atoms with Gasteiger partial charge in [-0.2, -0.15) is 0 Å². The van der Waals surface area contributed by atoms with Crippen LogP contribution in [-0.4, -0.2) is 49.5 Å². The SMILES string of the molecule is Nc1nc(CC(=O)C[C@@H]2C(=O)N3C(C(=O)O)=C(CSc4ccccc4)CSC23)cs1. The second-order valence-corrected chi connectivity index (χ2v) is 10.0. The number of nitrogens with zero attached hydrogens (tertiary/aromatic N) is 2. The summed E-state index contributed by atoms with van der Waals surface area (Å²) in [6.07, 6.45) is 0.223. The molecule has 1 saturated heterocycles. The zero-order chi connectivity index (χ0) is 21.3. The first-order chi connectivity index (χ1) is 14.4. The van der Waals surface area contributed by atoms with E-state index >= 15 is 0 Å². The maximum atomic E-state index is 12.7. The predicted octanol–water partition coefficient (Wildman–Crippen LogP) is 2.89. The number of benzene rings is 1. The highest BCUT2D eigenvalue weighted by atomic mass is 32.2. The third-order valence-corrected chi connectivity index (χ3v) is 8.13. The van der Waals surface area contributed by atoms with Crippen molar-refractivity contribution in [3.8, 4) is 0 Å². The predicted molar refractivity (Wildman–Crippen MR) is 118 cm³/mol. The van der Waals surface area contributed by atoms with Crippen molar-refractivity contribution in [3.63, 3.8) is 0 Å². The van der Waals surface area contributed by atoms with Crippen molar-refractivity contribution in [2.45, 2.75) is 23.1 Å². The van der Waals surface area contributed by atoms with Gasteiger partial charge in [0.05, 0.1) is 17.0 Å². The summed E-state index contributed by atoms with van der Waals surface area (Å²) in [6.45, 7) is 0. The average Bonchev–Trinajstić information content (AvgIpc) is 3.14. The Bertz CT molecular complexity index is 1020. The van der Waals surface area contributed by atoms with Gasteiger partial charge in [-0.3, -0.25) is 14.5 Å². The Morgan fingerprint density at radius 2 is 2.07 bits per heavy atom. The minimum atomic E-state index is -1.10. The largest absolute Gasteiger partial charge is 0.477 e. The number of fused-ring (bicyclic) bond motifs is 1. The van der Waals surface area contributed by atoms with Gasteiger partial charge in [0, 0.05) is 34.6 Å². The summed E-state index contributed by atoms with van der Waals surface area (Å²) in [4.78, 5) is 43.6. The Morgan fingerprint density at radius 3 is 2.73 bits per heavy atom. The van der Waals surface area contributed by atoms with E-state index in [0.717, 1.165) is 10.5 Å². The third kappa shape index (κ3) is 4.26. The molecule has 1 unspecified atom stereocenters. The van der Waals surface area contributed by atoms with E-state index in [1.165, 1.54) is 28.0 Å². The molecule has 0 bridgehead atoms. The van der Waals surface area contributed by atoms with Gasteiger partial charge >= 0.3 is 5.97 Å². The molecule has 3 heterocycles. The number of nitrogens with two attached hydrogens (primary N) is 1. The molecule has 3 N–H and O–H groups in total. The number of carbonyl (C=O) groups excluding carboxylic acids is 2. The zero-order valence-corrected chi connectivity index (χ0v) is 18.3. The van der Waals surface area contributed by atoms with Crippen molar-refractivity contribution in [2.24, 2.45) is 5.92 Å². The van der Waals surface area contributed by atoms with Crippen LogP contribution in [0, 0.1) is 5.92 Å². The molecule has 0 spiro atoms. The Labute approximate surface area is 185 Å². The molecule has 2 aliphatic heterocycles. The van der Waals surface area contributed by atoms with Gasteiger partial charge in [0.1, 0.15) is 11.5 Å². The number of nitrogen functional groups attached to an aromatic ring is 1. The third-order valence-electron chi connectivity index (χ3n) is 4.91. The lowest BCUT2D eigenvalue weighted by Gasteiger charge is -2.49. The molecule has 7 nitrogen and oxygen atoms in total. The summed E-state index contributed by atoms with van der Waals surface area (Å²) in [5.74, 6) is -0.938. The second kappa shape index (κ2) is 8.83. The number of Topliss-reactive ketones (excluding diaryl/α,β-unsaturated/α-hetero) is 1. The highest BCUT2D eigenvalue weighted by molar-refractivity contribution is 8.01. The van der Waals surface area contributed by atoms with Crippen molar-refractivity contribution < 1.29 is 19.5 Å². The van der Waals surface area contributed by atoms with Crippen molar-refractivity contribution in [1.29, 1.82) is 0 Å². The van der Waals surface area contributed by atoms with Crippen LogP contribution >= 0.6 is 34.9 Å². The van der Waals surface area contributed by atoms with Crippen LogP contribution in [-0.2, 0) is 20.8 Å². The Balaban J connectivity index is 1.43. The van der Waals surface area contributed by atoms with E-state index < -0.39 is 11.9 Å². The number of amides is 1. The number of rotatable bonds is 8. The number of ketones is 1. The maximum absolute atomic E-state index is 12.7. The van der Waals surface area contributed by atoms with E-state index in [-0.39, 0.29) is 35.6 Å². The topological polar surface area (TPSA) is 114 Å². The molecular weight excluding hydrogens is 442 g/mol. The number of thioether (sulfide) groups is 2. The fourth-order valence-corrected chi connectivity index (χ4v) is 6.57. The molecule has 4 rings (SSSR count). The molecule has 1 aromatic heterocycles. The van der Waals surface area contributed by atoms with E-state index in [9.17, 15) is 19.5 Å². The molecule has 2 atom stereocenters. The van der Waals surface area contributed by atoms with Crippen LogP contribution in [0.4, 0.5) is 5.13 Å². The van der Waals surface area contributed by atoms with Crippen LogP contribution in [0.15, 0.2) is 51.9 Å². The molecule has 2 aromatic rings. The molecule has 0 saturated carbocycles. The second-order valence-electron chi connectivity index (χ2n) is 6.97. The Hall–Kier alpha value is -2.30. The first-order valence-electron chi connectivity index (χ1n) is 9.23. The molecule has 30 heavy (non-hydrogen) atoms. The monoisotopic (exact) mass is 461 g/mol. The lowest BCUT2D eigenvalue weighted by molar-refractivity contribution is -0.153. The standard InChI is InChI=1S/C20H19N3O4S3/c21-20-22-12(10-30-20)6-13(24)7-15-17(25)23-16(19(26)27)11(9-29-18(15)23)8-28-14-4-2-1-3-5-14/h1-5,10,15,18H,6-9H2,(H2,21,22)(H,26,27)/t15-,18?/m1/s1. The molecule has 0 radical (unpaired) electrons. The number of anilines is 1. The highest BCUT2D eigenvalue weighted by Gasteiger charge is 2.53. The molecule has 1 amide bonds. The number of aromatic nitrogens is 1. The summed E-state index contributed by atoms with van der Waals surface area (Å²) in [5.41, 5.74) is 7.00. The Kier molecular flexibility index (Phi) is 6.16. The van der Waals surface area contributed by atoms with Gasteiger partial charge in [-0.15, -0.1) is 34.9 Å². The zero-order valence-electron chi connectivity index (χ0n) is 15.8. The van der Waals surface area contributed by atoms with Crippen LogP contribution in [0.2, 0.25) is 0 Å². The van der Waals surface area contributed by atoms with Crippen molar-refractivity contribution in [2.75, 3.05) is 17.2 Å². The minimum Gasteiger partial charge on any atom is -0.477 e. The molecule has 1 aromatic carbocycles. The summed E-state index contributed by atoms with van der Waals surface area (Å²) < 4.78 is 0. The maximum Gasteiger partial charge on any atom is 0.352 e. The lowest BCUT2D eigenvalue weighted by atomic mass is 9.89. The quantitative estimate of drug-likeness (QED) is 0.456. The number of β-lactam (4-membered cyclic amide) rings is 1. The summed E-state index contributed by atoms with van der Waals surface area (Å²) in [6, 6.07) is 9.73. The molecule has 156 valence electrons. The normalized spacial score (nSPS) is 20.7. The number of aliphatic carboxylic acids is 1. The van der Waals surface area contributed by atoms with Gasteiger partial charge in [0.25, 0.3) is 0 Å². The first kappa shape index (κ1) is 21.0. The Morgan fingerprint density at radius 1 is 1.30 bits per heavy atom. The smallest absolute Gasteiger partial charge is 0.352 e. The summed E-state index contributed by atoms with van der Waals surface area (Å²) in [7, 11) is 0. The number of carbonyl (C=O) groups is 3. The molecule has 10 heteroatoms. The van der Waals surface area contributed by atoms with Crippen LogP contribution in [0.5, 0.6) is 0 Å². The van der Waals surface area contributed by atoms with Crippen LogP contribution in [0.3, 0.4) is 0 Å². The van der Waals surface area contributed by atoms with Crippen molar-refractivity contribution in [1.82, 2.24) is 9.88 Å². The number of hydrogen-bond acceptors (Lipinski definition) is 8. The van der Waals surface area contributed by atoms with E-state index in [0.29, 0.717) is 22.3 Å². The lowest BCUT2D eigenvalue weighted by Crippen LogP contribution is -2.62. The van der Waals surface area contributed by atoms with Gasteiger partial charge in [-0.1, -0.05) is 18.2 Å².